The van der Waals surface area contributed by atoms with Crippen LogP contribution in [0.25, 0.3) is 0 Å². The van der Waals surface area contributed by atoms with Gasteiger partial charge in [0.2, 0.25) is 5.91 Å². The molecule has 0 aliphatic rings. The zero-order valence-corrected chi connectivity index (χ0v) is 4.64. The molecule has 0 spiro atoms. The number of carbonyl (C=O) groups is 1. The lowest BCUT2D eigenvalue weighted by atomic mass is 10.3. The van der Waals surface area contributed by atoms with Crippen molar-refractivity contribution < 1.29 is 4.79 Å². The van der Waals surface area contributed by atoms with Crippen molar-refractivity contribution in [2.45, 2.75) is 6.04 Å². The summed E-state index contributed by atoms with van der Waals surface area (Å²) in [6.07, 6.45) is 4.87. The zero-order chi connectivity index (χ0) is 6.57. The number of terminal acetylenes is 1. The Morgan fingerprint density at radius 3 is 2.50 bits per heavy atom. The maximum atomic E-state index is 10.2. The minimum absolute atomic E-state index is 0.519. The van der Waals surface area contributed by atoms with Crippen LogP contribution in [0.5, 0.6) is 0 Å². The molecule has 0 aliphatic heterocycles. The van der Waals surface area contributed by atoms with Crippen molar-refractivity contribution in [3.05, 3.63) is 0 Å². The molecule has 0 aromatic heterocycles. The molecule has 0 saturated heterocycles. The predicted octanol–water partition coefficient (Wildman–Crippen LogP) is -1.31. The Bertz CT molecular complexity index is 125. The van der Waals surface area contributed by atoms with Crippen LogP contribution in [-0.2, 0) is 4.79 Å². The van der Waals surface area contributed by atoms with Crippen LogP contribution in [0.3, 0.4) is 0 Å². The number of nitrogens with two attached hydrogens (primary N) is 1. The van der Waals surface area contributed by atoms with Gasteiger partial charge in [0.15, 0.2) is 0 Å². The van der Waals surface area contributed by atoms with Crippen LogP contribution in [0.1, 0.15) is 0 Å². The van der Waals surface area contributed by atoms with E-state index in [1.54, 1.807) is 7.05 Å². The molecule has 1 atom stereocenters. The number of carbonyl (C=O) groups excluding carboxylic acids is 1. The first kappa shape index (κ1) is 6.99. The summed E-state index contributed by atoms with van der Waals surface area (Å²) in [4.78, 5) is 10.2. The van der Waals surface area contributed by atoms with Crippen LogP contribution in [0.4, 0.5) is 0 Å². The summed E-state index contributed by atoms with van der Waals surface area (Å²) in [5, 5.41) is 2.54. The number of primary amides is 1. The lowest BCUT2D eigenvalue weighted by Crippen LogP contribution is -2.37. The average molecular weight is 112 g/mol. The first-order valence-electron chi connectivity index (χ1n) is 2.15. The van der Waals surface area contributed by atoms with E-state index in [0.717, 1.165) is 0 Å². The smallest absolute Gasteiger partial charge is 0.247 e. The molecule has 0 aliphatic carbocycles. The molecule has 0 radical (unpaired) electrons. The third kappa shape index (κ3) is 1.63. The first-order chi connectivity index (χ1) is 3.72. The fourth-order valence-corrected chi connectivity index (χ4v) is 0.308. The van der Waals surface area contributed by atoms with Crippen molar-refractivity contribution in [2.75, 3.05) is 7.05 Å². The molecule has 44 valence electrons. The topological polar surface area (TPSA) is 55.1 Å². The van der Waals surface area contributed by atoms with E-state index in [0.29, 0.717) is 0 Å². The third-order valence-corrected chi connectivity index (χ3v) is 0.740. The monoisotopic (exact) mass is 112 g/mol. The number of amides is 1. The second kappa shape index (κ2) is 3.05. The molecular weight excluding hydrogens is 104 g/mol. The molecular formula is C5H8N2O. The molecule has 8 heavy (non-hydrogen) atoms. The molecule has 0 fully saturated rings. The van der Waals surface area contributed by atoms with E-state index in [9.17, 15) is 4.79 Å². The molecule has 1 unspecified atom stereocenters. The van der Waals surface area contributed by atoms with Gasteiger partial charge in [-0.25, -0.2) is 0 Å². The summed E-state index contributed by atoms with van der Waals surface area (Å²) in [5.41, 5.74) is 4.81. The van der Waals surface area contributed by atoms with E-state index in [1.807, 2.05) is 0 Å². The average Bonchev–Trinajstić information content (AvgIpc) is 1.69. The van der Waals surface area contributed by atoms with Crippen LogP contribution >= 0.6 is 0 Å². The second-order valence-electron chi connectivity index (χ2n) is 1.29. The molecule has 3 N–H and O–H groups in total. The second-order valence-corrected chi connectivity index (χ2v) is 1.29. The minimum Gasteiger partial charge on any atom is -0.367 e. The van der Waals surface area contributed by atoms with E-state index in [-0.39, 0.29) is 0 Å². The molecule has 3 heteroatoms. The van der Waals surface area contributed by atoms with Crippen molar-refractivity contribution >= 4 is 5.91 Å². The van der Waals surface area contributed by atoms with Crippen molar-refractivity contribution in [3.63, 3.8) is 0 Å². The van der Waals surface area contributed by atoms with Crippen molar-refractivity contribution in [1.82, 2.24) is 5.32 Å². The van der Waals surface area contributed by atoms with Crippen molar-refractivity contribution in [1.29, 1.82) is 0 Å². The van der Waals surface area contributed by atoms with Gasteiger partial charge >= 0.3 is 0 Å². The van der Waals surface area contributed by atoms with Gasteiger partial charge in [-0.05, 0) is 7.05 Å². The first-order valence-corrected chi connectivity index (χ1v) is 2.15. The molecule has 3 nitrogen and oxygen atoms in total. The lowest BCUT2D eigenvalue weighted by molar-refractivity contribution is -0.118. The van der Waals surface area contributed by atoms with E-state index >= 15 is 0 Å². The Labute approximate surface area is 48.2 Å². The molecule has 0 saturated carbocycles. The summed E-state index contributed by atoms with van der Waals surface area (Å²) in [5.74, 6) is 1.65. The lowest BCUT2D eigenvalue weighted by Gasteiger charge is -2.00. The Kier molecular flexibility index (Phi) is 2.67. The highest BCUT2D eigenvalue weighted by Gasteiger charge is 2.05. The number of hydrogen-bond acceptors (Lipinski definition) is 2. The van der Waals surface area contributed by atoms with Gasteiger partial charge in [0.1, 0.15) is 6.04 Å². The SMILES string of the molecule is C#CC(NC)C(N)=O. The van der Waals surface area contributed by atoms with Crippen molar-refractivity contribution in [2.24, 2.45) is 5.73 Å². The molecule has 0 rings (SSSR count). The Balaban J connectivity index is 3.76. The van der Waals surface area contributed by atoms with E-state index in [1.165, 1.54) is 0 Å². The van der Waals surface area contributed by atoms with Crippen LogP contribution < -0.4 is 11.1 Å². The van der Waals surface area contributed by atoms with E-state index in [4.69, 9.17) is 12.2 Å². The van der Waals surface area contributed by atoms with Crippen LogP contribution in [0, 0.1) is 12.3 Å². The fraction of sp³-hybridized carbons (Fsp3) is 0.400. The fourth-order valence-electron chi connectivity index (χ4n) is 0.308. The largest absolute Gasteiger partial charge is 0.367 e. The standard InChI is InChI=1S/C5H8N2O/c1-3-4(7-2)5(6)8/h1,4,7H,2H3,(H2,6,8). The Morgan fingerprint density at radius 1 is 2.00 bits per heavy atom. The molecule has 1 amide bonds. The summed E-state index contributed by atoms with van der Waals surface area (Å²) >= 11 is 0. The van der Waals surface area contributed by atoms with Gasteiger partial charge < -0.3 is 5.73 Å². The number of rotatable bonds is 2. The van der Waals surface area contributed by atoms with Gasteiger partial charge in [-0.1, -0.05) is 5.92 Å². The van der Waals surface area contributed by atoms with Crippen molar-refractivity contribution in [3.8, 4) is 12.3 Å². The summed E-state index contributed by atoms with van der Waals surface area (Å²) in [6.45, 7) is 0. The van der Waals surface area contributed by atoms with Gasteiger partial charge in [-0.3, -0.25) is 10.1 Å². The maximum absolute atomic E-state index is 10.2. The number of hydrogen-bond donors (Lipinski definition) is 2. The Hall–Kier alpha value is -1.01. The normalized spacial score (nSPS) is 12.0. The summed E-state index contributed by atoms with van der Waals surface area (Å²) in [7, 11) is 1.58. The highest BCUT2D eigenvalue weighted by atomic mass is 16.1. The highest BCUT2D eigenvalue weighted by molar-refractivity contribution is 5.82. The quantitative estimate of drug-likeness (QED) is 0.436. The molecule has 0 heterocycles. The number of likely N-dealkylation sites (N-methyl/N-ethyl adjacent to an activating group) is 1. The minimum atomic E-state index is -0.630. The summed E-state index contributed by atoms with van der Waals surface area (Å²) < 4.78 is 0. The molecule has 0 aromatic rings. The maximum Gasteiger partial charge on any atom is 0.247 e. The van der Waals surface area contributed by atoms with Gasteiger partial charge in [-0.15, -0.1) is 6.42 Å². The highest BCUT2D eigenvalue weighted by Crippen LogP contribution is 1.72. The Morgan fingerprint density at radius 2 is 2.50 bits per heavy atom. The number of nitrogens with one attached hydrogen (secondary N) is 1. The van der Waals surface area contributed by atoms with Gasteiger partial charge in [0.05, 0.1) is 0 Å². The molecule has 0 bridgehead atoms. The summed E-state index contributed by atoms with van der Waals surface area (Å²) in [6, 6.07) is -0.630. The van der Waals surface area contributed by atoms with Crippen LogP contribution in [0.15, 0.2) is 0 Å². The van der Waals surface area contributed by atoms with Crippen LogP contribution in [-0.4, -0.2) is 19.0 Å². The van der Waals surface area contributed by atoms with Gasteiger partial charge in [0, 0.05) is 0 Å². The zero-order valence-electron chi connectivity index (χ0n) is 4.64. The van der Waals surface area contributed by atoms with E-state index < -0.39 is 11.9 Å². The van der Waals surface area contributed by atoms with Gasteiger partial charge in [0.25, 0.3) is 0 Å². The predicted molar refractivity (Wildman–Crippen MR) is 30.9 cm³/mol. The third-order valence-electron chi connectivity index (χ3n) is 0.740. The van der Waals surface area contributed by atoms with Crippen LogP contribution in [0.2, 0.25) is 0 Å². The van der Waals surface area contributed by atoms with Gasteiger partial charge in [-0.2, -0.15) is 0 Å². The van der Waals surface area contributed by atoms with E-state index in [2.05, 4.69) is 11.2 Å². The molecule has 0 aromatic carbocycles.